The number of nitrogens with zero attached hydrogens (tertiary/aromatic N) is 3. The summed E-state index contributed by atoms with van der Waals surface area (Å²) in [6.07, 6.45) is 1.96. The highest BCUT2D eigenvalue weighted by Gasteiger charge is 2.50. The standard InChI is InChI=1S/C27H33N3O4/c1-33-17-16-28-12-14-29(15-13-28)27(32)24-22-8-3-4-9-23(22)26(31)30(20-10-11-20)25(24)19-6-5-7-21(18-19)34-2/h3-9,18,20,24-25H,10-17H2,1-2H3/t24-,25+/m1/s1. The molecule has 1 aliphatic carbocycles. The molecule has 2 heterocycles. The normalized spacial score (nSPS) is 23.1. The van der Waals surface area contributed by atoms with Gasteiger partial charge in [0.2, 0.25) is 5.91 Å². The minimum absolute atomic E-state index is 0.0272. The SMILES string of the molecule is COCCN1CCN(C(=O)[C@@H]2c3ccccc3C(=O)N(C3CC3)[C@H]2c2cccc(OC)c2)CC1. The third kappa shape index (κ3) is 4.30. The zero-order valence-corrected chi connectivity index (χ0v) is 20.0. The molecule has 2 atom stereocenters. The molecule has 0 aromatic heterocycles. The first-order valence-electron chi connectivity index (χ1n) is 12.2. The van der Waals surface area contributed by atoms with Gasteiger partial charge in [0, 0.05) is 51.4 Å². The lowest BCUT2D eigenvalue weighted by Crippen LogP contribution is -2.54. The Hall–Kier alpha value is -2.90. The van der Waals surface area contributed by atoms with Gasteiger partial charge in [0.1, 0.15) is 5.75 Å². The zero-order chi connectivity index (χ0) is 23.7. The third-order valence-corrected chi connectivity index (χ3v) is 7.31. The van der Waals surface area contributed by atoms with Gasteiger partial charge in [0.05, 0.1) is 25.7 Å². The second kappa shape index (κ2) is 9.76. The number of rotatable bonds is 7. The molecule has 1 saturated carbocycles. The summed E-state index contributed by atoms with van der Waals surface area (Å²) in [6, 6.07) is 15.3. The Morgan fingerprint density at radius 3 is 2.47 bits per heavy atom. The third-order valence-electron chi connectivity index (χ3n) is 7.31. The number of carbonyl (C=O) groups is 2. The second-order valence-corrected chi connectivity index (χ2v) is 9.39. The molecule has 5 rings (SSSR count). The predicted octanol–water partition coefficient (Wildman–Crippen LogP) is 2.93. The molecule has 2 amide bonds. The van der Waals surface area contributed by atoms with Crippen molar-refractivity contribution in [2.24, 2.45) is 0 Å². The number of fused-ring (bicyclic) bond motifs is 1. The maximum Gasteiger partial charge on any atom is 0.254 e. The summed E-state index contributed by atoms with van der Waals surface area (Å²) in [5, 5.41) is 0. The number of ether oxygens (including phenoxy) is 2. The summed E-state index contributed by atoms with van der Waals surface area (Å²) in [5.74, 6) is 0.425. The van der Waals surface area contributed by atoms with Crippen molar-refractivity contribution in [3.8, 4) is 5.75 Å². The first-order valence-corrected chi connectivity index (χ1v) is 12.2. The molecular formula is C27H33N3O4. The molecule has 2 fully saturated rings. The van der Waals surface area contributed by atoms with E-state index in [1.807, 2.05) is 58.3 Å². The number of hydrogen-bond acceptors (Lipinski definition) is 5. The van der Waals surface area contributed by atoms with Crippen LogP contribution in [0.5, 0.6) is 5.75 Å². The molecule has 7 nitrogen and oxygen atoms in total. The van der Waals surface area contributed by atoms with Crippen molar-refractivity contribution in [1.29, 1.82) is 0 Å². The van der Waals surface area contributed by atoms with Crippen molar-refractivity contribution >= 4 is 11.8 Å². The first kappa shape index (κ1) is 22.9. The predicted molar refractivity (Wildman–Crippen MR) is 129 cm³/mol. The lowest BCUT2D eigenvalue weighted by atomic mass is 9.78. The quantitative estimate of drug-likeness (QED) is 0.632. The Kier molecular flexibility index (Phi) is 6.57. The number of piperazine rings is 1. The van der Waals surface area contributed by atoms with Gasteiger partial charge in [-0.2, -0.15) is 0 Å². The molecule has 7 heteroatoms. The maximum atomic E-state index is 14.2. The van der Waals surface area contributed by atoms with E-state index in [1.165, 1.54) is 0 Å². The molecule has 2 aromatic rings. The second-order valence-electron chi connectivity index (χ2n) is 9.39. The average Bonchev–Trinajstić information content (AvgIpc) is 3.72. The summed E-state index contributed by atoms with van der Waals surface area (Å²) >= 11 is 0. The van der Waals surface area contributed by atoms with Crippen LogP contribution in [0.15, 0.2) is 48.5 Å². The van der Waals surface area contributed by atoms with Gasteiger partial charge in [0.15, 0.2) is 0 Å². The molecule has 3 aliphatic rings. The van der Waals surface area contributed by atoms with E-state index in [4.69, 9.17) is 9.47 Å². The van der Waals surface area contributed by atoms with E-state index >= 15 is 0 Å². The maximum absolute atomic E-state index is 14.2. The Labute approximate surface area is 201 Å². The topological polar surface area (TPSA) is 62.3 Å². The van der Waals surface area contributed by atoms with E-state index in [1.54, 1.807) is 14.2 Å². The van der Waals surface area contributed by atoms with Gasteiger partial charge in [-0.25, -0.2) is 0 Å². The fraction of sp³-hybridized carbons (Fsp3) is 0.481. The molecule has 0 unspecified atom stereocenters. The minimum Gasteiger partial charge on any atom is -0.497 e. The molecule has 0 N–H and O–H groups in total. The van der Waals surface area contributed by atoms with Gasteiger partial charge in [-0.15, -0.1) is 0 Å². The van der Waals surface area contributed by atoms with Gasteiger partial charge in [-0.3, -0.25) is 14.5 Å². The summed E-state index contributed by atoms with van der Waals surface area (Å²) in [6.45, 7) is 4.60. The van der Waals surface area contributed by atoms with Crippen LogP contribution in [0, 0.1) is 0 Å². The van der Waals surface area contributed by atoms with Crippen LogP contribution in [0.4, 0.5) is 0 Å². The zero-order valence-electron chi connectivity index (χ0n) is 20.0. The minimum atomic E-state index is -0.438. The summed E-state index contributed by atoms with van der Waals surface area (Å²) in [5.41, 5.74) is 2.45. The number of carbonyl (C=O) groups excluding carboxylic acids is 2. The summed E-state index contributed by atoms with van der Waals surface area (Å²) in [7, 11) is 3.36. The van der Waals surface area contributed by atoms with E-state index in [2.05, 4.69) is 4.90 Å². The molecule has 2 aliphatic heterocycles. The van der Waals surface area contributed by atoms with Gasteiger partial charge in [0.25, 0.3) is 5.91 Å². The van der Waals surface area contributed by atoms with E-state index in [0.717, 1.165) is 49.4 Å². The molecule has 34 heavy (non-hydrogen) atoms. The van der Waals surface area contributed by atoms with Crippen LogP contribution in [0.2, 0.25) is 0 Å². The lowest BCUT2D eigenvalue weighted by Gasteiger charge is -2.44. The Balaban J connectivity index is 1.52. The molecule has 180 valence electrons. The lowest BCUT2D eigenvalue weighted by molar-refractivity contribution is -0.136. The largest absolute Gasteiger partial charge is 0.497 e. The Bertz CT molecular complexity index is 1050. The van der Waals surface area contributed by atoms with E-state index in [9.17, 15) is 9.59 Å². The first-order chi connectivity index (χ1) is 16.6. The summed E-state index contributed by atoms with van der Waals surface area (Å²) < 4.78 is 10.7. The summed E-state index contributed by atoms with van der Waals surface area (Å²) in [4.78, 5) is 34.2. The highest BCUT2D eigenvalue weighted by molar-refractivity contribution is 6.01. The van der Waals surface area contributed by atoms with Crippen molar-refractivity contribution in [3.05, 3.63) is 65.2 Å². The van der Waals surface area contributed by atoms with Crippen LogP contribution in [0.3, 0.4) is 0 Å². The fourth-order valence-electron chi connectivity index (χ4n) is 5.36. The Morgan fingerprint density at radius 2 is 1.76 bits per heavy atom. The molecule has 2 aromatic carbocycles. The van der Waals surface area contributed by atoms with Crippen LogP contribution in [0.1, 0.15) is 46.3 Å². The molecule has 0 spiro atoms. The number of amides is 2. The van der Waals surface area contributed by atoms with Crippen molar-refractivity contribution < 1.29 is 19.1 Å². The van der Waals surface area contributed by atoms with Crippen molar-refractivity contribution in [2.75, 3.05) is 53.6 Å². The van der Waals surface area contributed by atoms with Gasteiger partial charge in [-0.05, 0) is 42.2 Å². The number of methoxy groups -OCH3 is 2. The van der Waals surface area contributed by atoms with Crippen LogP contribution >= 0.6 is 0 Å². The highest BCUT2D eigenvalue weighted by atomic mass is 16.5. The number of hydrogen-bond donors (Lipinski definition) is 0. The number of benzene rings is 2. The van der Waals surface area contributed by atoms with E-state index in [0.29, 0.717) is 25.3 Å². The van der Waals surface area contributed by atoms with Crippen molar-refractivity contribution in [1.82, 2.24) is 14.7 Å². The molecule has 1 saturated heterocycles. The Morgan fingerprint density at radius 1 is 1.00 bits per heavy atom. The molecule has 0 bridgehead atoms. The highest BCUT2D eigenvalue weighted by Crippen LogP contribution is 2.48. The van der Waals surface area contributed by atoms with Crippen LogP contribution in [0.25, 0.3) is 0 Å². The molecular weight excluding hydrogens is 430 g/mol. The van der Waals surface area contributed by atoms with Crippen LogP contribution in [-0.4, -0.2) is 86.1 Å². The van der Waals surface area contributed by atoms with Gasteiger partial charge < -0.3 is 19.3 Å². The van der Waals surface area contributed by atoms with Crippen LogP contribution in [-0.2, 0) is 9.53 Å². The van der Waals surface area contributed by atoms with E-state index < -0.39 is 5.92 Å². The smallest absolute Gasteiger partial charge is 0.254 e. The average molecular weight is 464 g/mol. The molecule has 0 radical (unpaired) electrons. The van der Waals surface area contributed by atoms with Gasteiger partial charge in [-0.1, -0.05) is 30.3 Å². The van der Waals surface area contributed by atoms with E-state index in [-0.39, 0.29) is 23.9 Å². The van der Waals surface area contributed by atoms with Crippen LogP contribution < -0.4 is 4.74 Å². The van der Waals surface area contributed by atoms with Crippen molar-refractivity contribution in [3.63, 3.8) is 0 Å². The monoisotopic (exact) mass is 463 g/mol. The van der Waals surface area contributed by atoms with Crippen molar-refractivity contribution in [2.45, 2.75) is 30.8 Å². The van der Waals surface area contributed by atoms with Gasteiger partial charge >= 0.3 is 0 Å². The fourth-order valence-corrected chi connectivity index (χ4v) is 5.36.